The van der Waals surface area contributed by atoms with Gasteiger partial charge in [0, 0.05) is 24.1 Å². The fourth-order valence-electron chi connectivity index (χ4n) is 3.94. The molecule has 2 heterocycles. The van der Waals surface area contributed by atoms with Gasteiger partial charge in [-0.15, -0.1) is 0 Å². The molecule has 0 radical (unpaired) electrons. The van der Waals surface area contributed by atoms with E-state index in [1.807, 2.05) is 25.1 Å². The van der Waals surface area contributed by atoms with Gasteiger partial charge in [-0.25, -0.2) is 9.37 Å². The van der Waals surface area contributed by atoms with E-state index in [4.69, 9.17) is 22.1 Å². The second kappa shape index (κ2) is 8.01. The standard InChI is InChI=1S/C24H18BrClFN5O/c1-11-14-6-3-12(7-18(14)31-24(29)21(11)25)16-10-30-32(2)23(16)20-15(9-28)19(33-13-4-5-13)8-17(26)22(20)27/h3,6-8,10,13H,4-5H2,1-2H3,(H2,29,31). The molecule has 1 aliphatic rings. The van der Waals surface area contributed by atoms with E-state index in [0.717, 1.165) is 33.8 Å². The third-order valence-corrected chi connectivity index (χ3v) is 7.07. The molecule has 6 nitrogen and oxygen atoms in total. The molecule has 2 aromatic carbocycles. The molecule has 2 aromatic heterocycles. The lowest BCUT2D eigenvalue weighted by Gasteiger charge is -2.15. The number of rotatable bonds is 4. The van der Waals surface area contributed by atoms with Gasteiger partial charge >= 0.3 is 0 Å². The van der Waals surface area contributed by atoms with Crippen molar-refractivity contribution in [3.05, 3.63) is 56.9 Å². The molecule has 0 atom stereocenters. The Morgan fingerprint density at radius 1 is 1.33 bits per heavy atom. The third-order valence-electron chi connectivity index (χ3n) is 5.80. The number of ether oxygens (including phenoxy) is 1. The summed E-state index contributed by atoms with van der Waals surface area (Å²) in [4.78, 5) is 4.49. The van der Waals surface area contributed by atoms with E-state index in [0.29, 0.717) is 22.6 Å². The van der Waals surface area contributed by atoms with Crippen molar-refractivity contribution in [2.45, 2.75) is 25.9 Å². The molecule has 5 rings (SSSR count). The molecule has 0 aliphatic heterocycles. The number of hydrogen-bond acceptors (Lipinski definition) is 5. The summed E-state index contributed by atoms with van der Waals surface area (Å²) in [5.74, 6) is -0.0239. The number of pyridine rings is 1. The fourth-order valence-corrected chi connectivity index (χ4v) is 4.43. The van der Waals surface area contributed by atoms with Gasteiger partial charge in [0.2, 0.25) is 0 Å². The van der Waals surface area contributed by atoms with Crippen molar-refractivity contribution in [3.8, 4) is 34.2 Å². The minimum absolute atomic E-state index is 0.0251. The van der Waals surface area contributed by atoms with Gasteiger partial charge in [0.05, 0.1) is 38.6 Å². The van der Waals surface area contributed by atoms with E-state index in [-0.39, 0.29) is 28.0 Å². The van der Waals surface area contributed by atoms with Gasteiger partial charge < -0.3 is 10.5 Å². The van der Waals surface area contributed by atoms with Crippen LogP contribution in [0.15, 0.2) is 34.9 Å². The Balaban J connectivity index is 1.74. The summed E-state index contributed by atoms with van der Waals surface area (Å²) < 4.78 is 23.6. The van der Waals surface area contributed by atoms with Crippen LogP contribution in [-0.4, -0.2) is 20.9 Å². The molecule has 33 heavy (non-hydrogen) atoms. The first-order chi connectivity index (χ1) is 15.8. The van der Waals surface area contributed by atoms with Crippen LogP contribution in [0.5, 0.6) is 5.75 Å². The number of nitrogens with two attached hydrogens (primary N) is 1. The zero-order chi connectivity index (χ0) is 23.4. The Morgan fingerprint density at radius 3 is 2.79 bits per heavy atom. The number of halogens is 3. The molecule has 0 spiro atoms. The number of benzene rings is 2. The van der Waals surface area contributed by atoms with Crippen LogP contribution < -0.4 is 10.5 Å². The first kappa shape index (κ1) is 21.7. The lowest BCUT2D eigenvalue weighted by molar-refractivity contribution is 0.302. The quantitative estimate of drug-likeness (QED) is 0.344. The van der Waals surface area contributed by atoms with Gasteiger partial charge in [-0.3, -0.25) is 4.68 Å². The summed E-state index contributed by atoms with van der Waals surface area (Å²) in [6, 6.07) is 9.21. The van der Waals surface area contributed by atoms with Crippen molar-refractivity contribution in [3.63, 3.8) is 0 Å². The van der Waals surface area contributed by atoms with Gasteiger partial charge in [-0.2, -0.15) is 10.4 Å². The zero-order valence-electron chi connectivity index (χ0n) is 17.8. The molecular formula is C24H18BrClFN5O. The second-order valence-electron chi connectivity index (χ2n) is 8.05. The maximum atomic E-state index is 15.4. The van der Waals surface area contributed by atoms with Crippen molar-refractivity contribution in [1.82, 2.24) is 14.8 Å². The number of nitrogens with zero attached hydrogens (tertiary/aromatic N) is 4. The van der Waals surface area contributed by atoms with E-state index < -0.39 is 5.82 Å². The molecule has 4 aromatic rings. The van der Waals surface area contributed by atoms with Crippen LogP contribution in [0.2, 0.25) is 5.02 Å². The van der Waals surface area contributed by atoms with Gasteiger partial charge in [0.1, 0.15) is 23.2 Å². The number of aromatic nitrogens is 3. The second-order valence-corrected chi connectivity index (χ2v) is 9.25. The average molecular weight is 527 g/mol. The van der Waals surface area contributed by atoms with Gasteiger partial charge in [0.25, 0.3) is 0 Å². The van der Waals surface area contributed by atoms with Crippen molar-refractivity contribution in [2.24, 2.45) is 7.05 Å². The van der Waals surface area contributed by atoms with Crippen molar-refractivity contribution in [1.29, 1.82) is 5.26 Å². The van der Waals surface area contributed by atoms with Gasteiger partial charge in [-0.1, -0.05) is 23.7 Å². The lowest BCUT2D eigenvalue weighted by atomic mass is 9.96. The highest BCUT2D eigenvalue weighted by Crippen LogP contribution is 2.43. The highest BCUT2D eigenvalue weighted by atomic mass is 79.9. The molecule has 2 N–H and O–H groups in total. The number of nitriles is 1. The smallest absolute Gasteiger partial charge is 0.152 e. The lowest BCUT2D eigenvalue weighted by Crippen LogP contribution is -2.04. The zero-order valence-corrected chi connectivity index (χ0v) is 20.1. The van der Waals surface area contributed by atoms with Crippen molar-refractivity contribution in [2.75, 3.05) is 5.73 Å². The molecule has 0 bridgehead atoms. The maximum Gasteiger partial charge on any atom is 0.152 e. The number of fused-ring (bicyclic) bond motifs is 1. The summed E-state index contributed by atoms with van der Waals surface area (Å²) in [6.45, 7) is 1.96. The van der Waals surface area contributed by atoms with Crippen LogP contribution in [0.4, 0.5) is 10.2 Å². The monoisotopic (exact) mass is 525 g/mol. The minimum Gasteiger partial charge on any atom is -0.489 e. The van der Waals surface area contributed by atoms with Crippen molar-refractivity contribution >= 4 is 44.3 Å². The van der Waals surface area contributed by atoms with Crippen LogP contribution in [0.25, 0.3) is 33.3 Å². The van der Waals surface area contributed by atoms with Gasteiger partial charge in [-0.05, 0) is 52.9 Å². The number of aryl methyl sites for hydroxylation is 2. The maximum absolute atomic E-state index is 15.4. The molecule has 0 saturated heterocycles. The van der Waals surface area contributed by atoms with E-state index in [1.54, 1.807) is 13.2 Å². The SMILES string of the molecule is Cc1c(Br)c(N)nc2cc(-c3cnn(C)c3-c3c(F)c(Cl)cc(OC4CC4)c3C#N)ccc12. The Bertz CT molecular complexity index is 1490. The van der Waals surface area contributed by atoms with Crippen LogP contribution in [0.3, 0.4) is 0 Å². The van der Waals surface area contributed by atoms with E-state index in [1.165, 1.54) is 10.7 Å². The summed E-state index contributed by atoms with van der Waals surface area (Å²) in [7, 11) is 1.69. The highest BCUT2D eigenvalue weighted by Gasteiger charge is 2.29. The molecule has 166 valence electrons. The van der Waals surface area contributed by atoms with Crippen LogP contribution >= 0.6 is 27.5 Å². The van der Waals surface area contributed by atoms with Crippen LogP contribution in [0, 0.1) is 24.1 Å². The predicted molar refractivity (Wildman–Crippen MR) is 130 cm³/mol. The molecule has 1 saturated carbocycles. The Kier molecular flexibility index (Phi) is 5.26. The third kappa shape index (κ3) is 3.62. The molecular weight excluding hydrogens is 509 g/mol. The number of anilines is 1. The normalized spacial score (nSPS) is 13.3. The highest BCUT2D eigenvalue weighted by molar-refractivity contribution is 9.10. The summed E-state index contributed by atoms with van der Waals surface area (Å²) >= 11 is 9.70. The van der Waals surface area contributed by atoms with Crippen LogP contribution in [0.1, 0.15) is 24.0 Å². The Hall–Kier alpha value is -3.15. The first-order valence-corrected chi connectivity index (χ1v) is 11.4. The number of hydrogen-bond donors (Lipinski definition) is 1. The molecule has 0 unspecified atom stereocenters. The van der Waals surface area contributed by atoms with Crippen LogP contribution in [-0.2, 0) is 7.05 Å². The molecule has 1 aliphatic carbocycles. The number of nitrogen functional groups attached to an aromatic ring is 1. The Labute approximate surface area is 202 Å². The topological polar surface area (TPSA) is 89.8 Å². The molecule has 0 amide bonds. The largest absolute Gasteiger partial charge is 0.489 e. The Morgan fingerprint density at radius 2 is 2.09 bits per heavy atom. The van der Waals surface area contributed by atoms with Gasteiger partial charge in [0.15, 0.2) is 5.82 Å². The first-order valence-electron chi connectivity index (χ1n) is 10.3. The van der Waals surface area contributed by atoms with E-state index >= 15 is 4.39 Å². The summed E-state index contributed by atoms with van der Waals surface area (Å²) in [5, 5.41) is 15.1. The van der Waals surface area contributed by atoms with Crippen molar-refractivity contribution < 1.29 is 9.13 Å². The fraction of sp³-hybridized carbons (Fsp3) is 0.208. The van der Waals surface area contributed by atoms with E-state index in [9.17, 15) is 5.26 Å². The predicted octanol–water partition coefficient (Wildman–Crippen LogP) is 6.16. The summed E-state index contributed by atoms with van der Waals surface area (Å²) in [5.41, 5.74) is 9.70. The molecule has 9 heteroatoms. The molecule has 1 fully saturated rings. The average Bonchev–Trinajstić information content (AvgIpc) is 3.53. The summed E-state index contributed by atoms with van der Waals surface area (Å²) in [6.07, 6.45) is 3.45. The van der Waals surface area contributed by atoms with E-state index in [2.05, 4.69) is 32.1 Å². The minimum atomic E-state index is -0.691.